The Hall–Kier alpha value is -2.35. The minimum atomic E-state index is -0.555. The second kappa shape index (κ2) is 6.87. The van der Waals surface area contributed by atoms with E-state index in [0.29, 0.717) is 10.9 Å². The summed E-state index contributed by atoms with van der Waals surface area (Å²) in [5.41, 5.74) is 0.892. The van der Waals surface area contributed by atoms with Gasteiger partial charge in [-0.25, -0.2) is 9.79 Å². The number of likely N-dealkylation sites (N-methyl/N-ethyl adjacent to an activating group) is 2. The van der Waals surface area contributed by atoms with E-state index in [1.54, 1.807) is 19.0 Å². The van der Waals surface area contributed by atoms with Gasteiger partial charge in [0.05, 0.1) is 12.3 Å². The minimum absolute atomic E-state index is 0.0393. The molecule has 0 spiro atoms. The van der Waals surface area contributed by atoms with Crippen LogP contribution in [0.4, 0.5) is 4.79 Å². The Kier molecular flexibility index (Phi) is 4.80. The van der Waals surface area contributed by atoms with Gasteiger partial charge in [-0.2, -0.15) is 0 Å². The van der Waals surface area contributed by atoms with E-state index in [2.05, 4.69) is 4.99 Å². The fourth-order valence-corrected chi connectivity index (χ4v) is 3.79. The van der Waals surface area contributed by atoms with Crippen LogP contribution < -0.4 is 0 Å². The summed E-state index contributed by atoms with van der Waals surface area (Å²) in [5.74, 6) is 0.0708. The first kappa shape index (κ1) is 17.5. The third kappa shape index (κ3) is 3.26. The van der Waals surface area contributed by atoms with E-state index in [1.807, 2.05) is 30.3 Å². The average molecular weight is 360 g/mol. The van der Waals surface area contributed by atoms with Crippen molar-refractivity contribution < 1.29 is 14.4 Å². The summed E-state index contributed by atoms with van der Waals surface area (Å²) in [7, 11) is 3.43. The van der Waals surface area contributed by atoms with Gasteiger partial charge in [0.25, 0.3) is 5.91 Å². The number of Topliss-reactive ketones (excluding diaryl/α,β-unsaturated/α-hetero) is 1. The summed E-state index contributed by atoms with van der Waals surface area (Å²) in [6.45, 7) is 1.74. The zero-order chi connectivity index (χ0) is 18.1. The van der Waals surface area contributed by atoms with Crippen molar-refractivity contribution in [2.24, 2.45) is 4.99 Å². The number of nitrogens with zero attached hydrogens (tertiary/aromatic N) is 4. The van der Waals surface area contributed by atoms with Gasteiger partial charge < -0.3 is 9.80 Å². The van der Waals surface area contributed by atoms with Crippen LogP contribution in [-0.4, -0.2) is 69.6 Å². The molecule has 3 amide bonds. The predicted molar refractivity (Wildman–Crippen MR) is 96.1 cm³/mol. The van der Waals surface area contributed by atoms with Gasteiger partial charge in [0, 0.05) is 14.1 Å². The van der Waals surface area contributed by atoms with E-state index in [4.69, 9.17) is 0 Å². The van der Waals surface area contributed by atoms with Crippen LogP contribution >= 0.6 is 11.8 Å². The molecule has 2 aliphatic rings. The van der Waals surface area contributed by atoms with Crippen molar-refractivity contribution >= 4 is 34.7 Å². The van der Waals surface area contributed by atoms with E-state index in [1.165, 1.54) is 28.5 Å². The molecule has 0 aromatic heterocycles. The molecule has 0 saturated carbocycles. The predicted octanol–water partition coefficient (Wildman–Crippen LogP) is 1.40. The zero-order valence-corrected chi connectivity index (χ0v) is 15.2. The van der Waals surface area contributed by atoms with Crippen molar-refractivity contribution in [1.82, 2.24) is 14.7 Å². The Labute approximate surface area is 150 Å². The first-order valence-electron chi connectivity index (χ1n) is 7.95. The quantitative estimate of drug-likeness (QED) is 0.811. The van der Waals surface area contributed by atoms with Crippen molar-refractivity contribution in [3.05, 3.63) is 35.9 Å². The summed E-state index contributed by atoms with van der Waals surface area (Å²) in [6.07, 6.45) is -0.550. The number of fused-ring (bicyclic) bond motifs is 1. The highest BCUT2D eigenvalue weighted by atomic mass is 32.2. The number of urea groups is 1. The lowest BCUT2D eigenvalue weighted by Gasteiger charge is -2.40. The van der Waals surface area contributed by atoms with E-state index in [-0.39, 0.29) is 24.3 Å². The lowest BCUT2D eigenvalue weighted by atomic mass is 10.1. The number of amidine groups is 1. The minimum Gasteiger partial charge on any atom is -0.339 e. The molecule has 1 aromatic rings. The van der Waals surface area contributed by atoms with Crippen molar-refractivity contribution in [1.29, 1.82) is 0 Å². The fourth-order valence-electron chi connectivity index (χ4n) is 2.96. The number of hydrogen-bond acceptors (Lipinski definition) is 6. The Bertz CT molecular complexity index is 737. The van der Waals surface area contributed by atoms with E-state index >= 15 is 0 Å². The van der Waals surface area contributed by atoms with Crippen LogP contribution in [0.15, 0.2) is 35.3 Å². The van der Waals surface area contributed by atoms with Crippen molar-refractivity contribution in [3.8, 4) is 0 Å². The average Bonchev–Trinajstić information content (AvgIpc) is 2.93. The molecule has 25 heavy (non-hydrogen) atoms. The number of amides is 3. The molecule has 2 heterocycles. The van der Waals surface area contributed by atoms with Crippen LogP contribution in [0.25, 0.3) is 0 Å². The number of aliphatic imine (C=N–C) groups is 1. The maximum Gasteiger partial charge on any atom is 0.328 e. The molecular weight excluding hydrogens is 340 g/mol. The van der Waals surface area contributed by atoms with Crippen molar-refractivity contribution in [2.75, 3.05) is 19.8 Å². The lowest BCUT2D eigenvalue weighted by molar-refractivity contribution is -0.137. The SMILES string of the molecule is CC(=O)CSC1=NC2C(C(=O)N(Cc3ccccc3)C(=O)N2C)N1C. The highest BCUT2D eigenvalue weighted by Crippen LogP contribution is 2.30. The molecule has 0 aliphatic carbocycles. The van der Waals surface area contributed by atoms with E-state index in [9.17, 15) is 14.4 Å². The summed E-state index contributed by atoms with van der Waals surface area (Å²) in [4.78, 5) is 45.8. The van der Waals surface area contributed by atoms with Gasteiger partial charge in [0.2, 0.25) is 0 Å². The molecule has 7 nitrogen and oxygen atoms in total. The van der Waals surface area contributed by atoms with Gasteiger partial charge in [0.1, 0.15) is 5.78 Å². The molecular formula is C17H20N4O3S. The number of ketones is 1. The van der Waals surface area contributed by atoms with Gasteiger partial charge >= 0.3 is 6.03 Å². The Morgan fingerprint density at radius 1 is 1.16 bits per heavy atom. The number of thioether (sulfide) groups is 1. The van der Waals surface area contributed by atoms with Gasteiger partial charge in [0.15, 0.2) is 17.4 Å². The molecule has 8 heteroatoms. The third-order valence-corrected chi connectivity index (χ3v) is 5.48. The van der Waals surface area contributed by atoms with Crippen LogP contribution in [0, 0.1) is 0 Å². The number of imide groups is 1. The molecule has 1 saturated heterocycles. The number of carbonyl (C=O) groups is 3. The maximum atomic E-state index is 12.9. The van der Waals surface area contributed by atoms with Crippen LogP contribution in [0.1, 0.15) is 12.5 Å². The molecule has 132 valence electrons. The monoisotopic (exact) mass is 360 g/mol. The molecule has 0 bridgehead atoms. The van der Waals surface area contributed by atoms with Gasteiger partial charge in [-0.1, -0.05) is 42.1 Å². The zero-order valence-electron chi connectivity index (χ0n) is 14.4. The normalized spacial score (nSPS) is 23.0. The van der Waals surface area contributed by atoms with Crippen LogP contribution in [-0.2, 0) is 16.1 Å². The molecule has 0 N–H and O–H groups in total. The molecule has 2 aliphatic heterocycles. The molecule has 2 atom stereocenters. The van der Waals surface area contributed by atoms with Crippen LogP contribution in [0.2, 0.25) is 0 Å². The topological polar surface area (TPSA) is 73.3 Å². The lowest BCUT2D eigenvalue weighted by Crippen LogP contribution is -2.64. The Morgan fingerprint density at radius 2 is 1.84 bits per heavy atom. The number of carbonyl (C=O) groups excluding carboxylic acids is 3. The fraction of sp³-hybridized carbons (Fsp3) is 0.412. The van der Waals surface area contributed by atoms with Crippen LogP contribution in [0.3, 0.4) is 0 Å². The number of rotatable bonds is 4. The highest BCUT2D eigenvalue weighted by molar-refractivity contribution is 8.14. The second-order valence-electron chi connectivity index (χ2n) is 6.18. The Morgan fingerprint density at radius 3 is 2.48 bits per heavy atom. The number of benzene rings is 1. The highest BCUT2D eigenvalue weighted by Gasteiger charge is 2.50. The summed E-state index contributed by atoms with van der Waals surface area (Å²) in [6, 6.07) is 8.50. The van der Waals surface area contributed by atoms with Crippen molar-refractivity contribution in [3.63, 3.8) is 0 Å². The first-order chi connectivity index (χ1) is 11.9. The van der Waals surface area contributed by atoms with Crippen molar-refractivity contribution in [2.45, 2.75) is 25.7 Å². The van der Waals surface area contributed by atoms with Gasteiger partial charge in [-0.3, -0.25) is 14.5 Å². The summed E-state index contributed by atoms with van der Waals surface area (Å²) in [5, 5.41) is 0.611. The molecule has 1 aromatic carbocycles. The molecule has 2 unspecified atom stereocenters. The molecule has 0 radical (unpaired) electrons. The van der Waals surface area contributed by atoms with E-state index < -0.39 is 12.2 Å². The third-order valence-electron chi connectivity index (χ3n) is 4.28. The van der Waals surface area contributed by atoms with Crippen LogP contribution in [0.5, 0.6) is 0 Å². The molecule has 3 rings (SSSR count). The Balaban J connectivity index is 1.82. The number of hydrogen-bond donors (Lipinski definition) is 0. The van der Waals surface area contributed by atoms with Gasteiger partial charge in [-0.05, 0) is 12.5 Å². The largest absolute Gasteiger partial charge is 0.339 e. The standard InChI is InChI=1S/C17H20N4O3S/c1-11(22)10-25-16-18-14-13(19(16)2)15(23)21(17(24)20(14)3)9-12-7-5-4-6-8-12/h4-8,13-14H,9-10H2,1-3H3. The molecule has 1 fully saturated rings. The van der Waals surface area contributed by atoms with Gasteiger partial charge in [-0.15, -0.1) is 0 Å². The maximum absolute atomic E-state index is 12.9. The first-order valence-corrected chi connectivity index (χ1v) is 8.93. The van der Waals surface area contributed by atoms with E-state index in [0.717, 1.165) is 5.56 Å². The summed E-state index contributed by atoms with van der Waals surface area (Å²) < 4.78 is 0. The summed E-state index contributed by atoms with van der Waals surface area (Å²) >= 11 is 1.29. The second-order valence-corrected chi connectivity index (χ2v) is 7.12. The smallest absolute Gasteiger partial charge is 0.328 e.